The molecule has 1 aromatic carbocycles. The van der Waals surface area contributed by atoms with Gasteiger partial charge in [-0.3, -0.25) is 0 Å². The molecule has 0 fully saturated rings. The van der Waals surface area contributed by atoms with Crippen LogP contribution in [0, 0.1) is 27.2 Å². The Kier molecular flexibility index (Phi) is 3.18. The fourth-order valence-corrected chi connectivity index (χ4v) is 1.42. The quantitative estimate of drug-likeness (QED) is 0.613. The molecule has 0 heteroatoms. The first-order valence-corrected chi connectivity index (χ1v) is 4.68. The van der Waals surface area contributed by atoms with E-state index in [0.717, 1.165) is 6.42 Å². The third-order valence-corrected chi connectivity index (χ3v) is 2.26. The molecule has 0 unspecified atom stereocenters. The van der Waals surface area contributed by atoms with Gasteiger partial charge in [-0.25, -0.2) is 0 Å². The molecular formula is C13H17+3. The Morgan fingerprint density at radius 2 is 2.08 bits per heavy atom. The predicted octanol–water partition coefficient (Wildman–Crippen LogP) is 3.51. The summed E-state index contributed by atoms with van der Waals surface area (Å²) < 4.78 is 0. The van der Waals surface area contributed by atoms with Crippen LogP contribution in [0.3, 0.4) is 0 Å². The van der Waals surface area contributed by atoms with Gasteiger partial charge in [0.15, 0.2) is 0 Å². The van der Waals surface area contributed by atoms with Crippen LogP contribution in [-0.4, -0.2) is 0 Å². The van der Waals surface area contributed by atoms with Crippen LogP contribution < -0.4 is 0 Å². The van der Waals surface area contributed by atoms with Crippen molar-refractivity contribution < 1.29 is 0 Å². The second-order valence-corrected chi connectivity index (χ2v) is 3.50. The van der Waals surface area contributed by atoms with Crippen molar-refractivity contribution in [3.8, 4) is 0 Å². The minimum absolute atomic E-state index is 0.137. The molecule has 0 aromatic heterocycles. The summed E-state index contributed by atoms with van der Waals surface area (Å²) in [6.07, 6.45) is 3.22. The summed E-state index contributed by atoms with van der Waals surface area (Å²) in [6.45, 7) is 12.0. The van der Waals surface area contributed by atoms with Crippen molar-refractivity contribution >= 4 is 0 Å². The molecule has 0 aliphatic heterocycles. The van der Waals surface area contributed by atoms with Gasteiger partial charge in [-0.2, -0.15) is 0 Å². The fraction of sp³-hybridized carbons (Fsp3) is 0.308. The molecule has 0 atom stereocenters. The Labute approximate surface area is 82.0 Å². The maximum absolute atomic E-state index is 3.91. The van der Waals surface area contributed by atoms with Gasteiger partial charge in [0.25, 0.3) is 0 Å². The predicted molar refractivity (Wildman–Crippen MR) is 58.3 cm³/mol. The van der Waals surface area contributed by atoms with Crippen molar-refractivity contribution in [3.63, 3.8) is 0 Å². The van der Waals surface area contributed by atoms with Crippen LogP contribution >= 0.6 is 0 Å². The van der Waals surface area contributed by atoms with Crippen LogP contribution in [0.5, 0.6) is 0 Å². The first-order chi connectivity index (χ1) is 6.15. The molecule has 66 valence electrons. The zero-order chi connectivity index (χ0) is 9.84. The molecule has 0 N–H and O–H groups in total. The minimum atomic E-state index is 0.137. The van der Waals surface area contributed by atoms with Gasteiger partial charge in [0.2, 0.25) is 5.92 Å². The Hall–Kier alpha value is -1.17. The van der Waals surface area contributed by atoms with Gasteiger partial charge in [0.05, 0.1) is 13.3 Å². The monoisotopic (exact) mass is 173 g/mol. The van der Waals surface area contributed by atoms with E-state index in [9.17, 15) is 0 Å². The van der Waals surface area contributed by atoms with E-state index in [2.05, 4.69) is 52.3 Å². The first-order valence-electron chi connectivity index (χ1n) is 4.68. The molecule has 0 heterocycles. The van der Waals surface area contributed by atoms with Crippen LogP contribution in [0.2, 0.25) is 0 Å². The standard InChI is InChI=1S/C13H17/c1-5-6-12-7-8-13(10(2)3)9-11(12)4/h5,7-10H,2-3,6H2,1,4H3/q+3. The van der Waals surface area contributed by atoms with Crippen molar-refractivity contribution in [2.45, 2.75) is 26.2 Å². The Bertz CT molecular complexity index is 271. The highest BCUT2D eigenvalue weighted by Crippen LogP contribution is 2.18. The normalized spacial score (nSPS) is 10.4. The minimum Gasteiger partial charge on any atom is -0.0539 e. The number of hydrogen-bond acceptors (Lipinski definition) is 0. The SMILES string of the molecule is [CH2+]C([CH2+])c1ccc(C[CH+]C)c(C)c1. The van der Waals surface area contributed by atoms with Gasteiger partial charge in [0.1, 0.15) is 20.3 Å². The molecule has 0 amide bonds. The smallest absolute Gasteiger partial charge is 0.0539 e. The summed E-state index contributed by atoms with van der Waals surface area (Å²) in [5.41, 5.74) is 3.96. The molecule has 0 aliphatic rings. The highest BCUT2D eigenvalue weighted by Gasteiger charge is 2.12. The Morgan fingerprint density at radius 1 is 1.38 bits per heavy atom. The van der Waals surface area contributed by atoms with Crippen LogP contribution in [0.1, 0.15) is 29.5 Å². The van der Waals surface area contributed by atoms with Gasteiger partial charge in [-0.05, 0) is 30.2 Å². The largest absolute Gasteiger partial charge is 0.247 e. The van der Waals surface area contributed by atoms with E-state index in [1.165, 1.54) is 16.7 Å². The molecule has 0 spiro atoms. The first kappa shape index (κ1) is 9.91. The molecule has 0 radical (unpaired) electrons. The van der Waals surface area contributed by atoms with E-state index < -0.39 is 0 Å². The van der Waals surface area contributed by atoms with Gasteiger partial charge < -0.3 is 0 Å². The summed E-state index contributed by atoms with van der Waals surface area (Å²) in [4.78, 5) is 0. The summed E-state index contributed by atoms with van der Waals surface area (Å²) >= 11 is 0. The molecule has 0 saturated carbocycles. The highest BCUT2D eigenvalue weighted by atomic mass is 14.1. The van der Waals surface area contributed by atoms with Crippen molar-refractivity contribution in [2.75, 3.05) is 0 Å². The highest BCUT2D eigenvalue weighted by molar-refractivity contribution is 5.34. The average Bonchev–Trinajstić information content (AvgIpc) is 2.08. The molecule has 13 heavy (non-hydrogen) atoms. The number of rotatable bonds is 3. The van der Waals surface area contributed by atoms with Crippen LogP contribution in [-0.2, 0) is 6.42 Å². The number of hydrogen-bond donors (Lipinski definition) is 0. The van der Waals surface area contributed by atoms with Crippen LogP contribution in [0.25, 0.3) is 0 Å². The van der Waals surface area contributed by atoms with Crippen LogP contribution in [0.15, 0.2) is 18.2 Å². The summed E-state index contributed by atoms with van der Waals surface area (Å²) in [5, 5.41) is 0. The second kappa shape index (κ2) is 4.18. The fourth-order valence-electron chi connectivity index (χ4n) is 1.42. The van der Waals surface area contributed by atoms with Gasteiger partial charge in [-0.1, -0.05) is 6.07 Å². The molecule has 1 aromatic rings. The third kappa shape index (κ3) is 2.38. The molecular weight excluding hydrogens is 156 g/mol. The van der Waals surface area contributed by atoms with E-state index >= 15 is 0 Å². The van der Waals surface area contributed by atoms with Gasteiger partial charge >= 0.3 is 0 Å². The average molecular weight is 173 g/mol. The van der Waals surface area contributed by atoms with E-state index in [1.807, 2.05) is 0 Å². The lowest BCUT2D eigenvalue weighted by atomic mass is 9.96. The zero-order valence-corrected chi connectivity index (χ0v) is 8.51. The lowest BCUT2D eigenvalue weighted by Gasteiger charge is -2.02. The topological polar surface area (TPSA) is 0 Å². The summed E-state index contributed by atoms with van der Waals surface area (Å²) in [6, 6.07) is 6.48. The van der Waals surface area contributed by atoms with Gasteiger partial charge in [0, 0.05) is 5.56 Å². The van der Waals surface area contributed by atoms with E-state index in [0.29, 0.717) is 0 Å². The molecule has 0 bridgehead atoms. The third-order valence-electron chi connectivity index (χ3n) is 2.26. The lowest BCUT2D eigenvalue weighted by Crippen LogP contribution is -1.93. The number of aryl methyl sites for hydroxylation is 1. The Balaban J connectivity index is 2.92. The van der Waals surface area contributed by atoms with E-state index in [-0.39, 0.29) is 5.92 Å². The maximum Gasteiger partial charge on any atom is 0.247 e. The Morgan fingerprint density at radius 3 is 2.54 bits per heavy atom. The molecule has 1 rings (SSSR count). The zero-order valence-electron chi connectivity index (χ0n) is 8.51. The molecule has 0 aliphatic carbocycles. The molecule has 0 saturated heterocycles. The van der Waals surface area contributed by atoms with E-state index in [1.54, 1.807) is 0 Å². The lowest BCUT2D eigenvalue weighted by molar-refractivity contribution is 1.05. The van der Waals surface area contributed by atoms with Crippen molar-refractivity contribution in [3.05, 3.63) is 55.2 Å². The summed E-state index contributed by atoms with van der Waals surface area (Å²) in [7, 11) is 0. The van der Waals surface area contributed by atoms with Gasteiger partial charge in [-0.15, -0.1) is 0 Å². The van der Waals surface area contributed by atoms with Crippen molar-refractivity contribution in [1.82, 2.24) is 0 Å². The number of benzene rings is 1. The van der Waals surface area contributed by atoms with E-state index in [4.69, 9.17) is 0 Å². The summed E-state index contributed by atoms with van der Waals surface area (Å²) in [5.74, 6) is 0.137. The molecule has 0 nitrogen and oxygen atoms in total. The maximum atomic E-state index is 3.91. The van der Waals surface area contributed by atoms with Crippen molar-refractivity contribution in [2.24, 2.45) is 0 Å². The second-order valence-electron chi connectivity index (χ2n) is 3.50. The van der Waals surface area contributed by atoms with Crippen molar-refractivity contribution in [1.29, 1.82) is 0 Å². The van der Waals surface area contributed by atoms with Crippen LogP contribution in [0.4, 0.5) is 0 Å².